The molecule has 2 aromatic heterocycles. The first-order valence-electron chi connectivity index (χ1n) is 10.1. The standard InChI is InChI=1S/C23H24FN5O/c1-16-5-2-9-21(26-16)29-13-10-18(11-14-29)28-23(30)20-8-4-12-25-22(20)27-19-7-3-6-17(24)15-19/h2-9,12,15,18H,10-11,13-14H2,1H3,(H,25,27)(H,28,30). The number of piperidine rings is 1. The molecule has 0 saturated carbocycles. The van der Waals surface area contributed by atoms with Crippen molar-refractivity contribution in [1.82, 2.24) is 15.3 Å². The molecule has 1 aromatic carbocycles. The Morgan fingerprint density at radius 3 is 2.67 bits per heavy atom. The first-order chi connectivity index (χ1) is 14.6. The molecule has 7 heteroatoms. The van der Waals surface area contributed by atoms with Crippen LogP contribution in [0.1, 0.15) is 28.9 Å². The van der Waals surface area contributed by atoms with Crippen LogP contribution in [0.4, 0.5) is 21.7 Å². The first kappa shape index (κ1) is 19.8. The van der Waals surface area contributed by atoms with Gasteiger partial charge in [0.2, 0.25) is 0 Å². The summed E-state index contributed by atoms with van der Waals surface area (Å²) in [4.78, 5) is 24.0. The normalized spacial score (nSPS) is 14.4. The second-order valence-corrected chi connectivity index (χ2v) is 7.41. The van der Waals surface area contributed by atoms with E-state index in [-0.39, 0.29) is 17.8 Å². The summed E-state index contributed by atoms with van der Waals surface area (Å²) in [7, 11) is 0. The minimum Gasteiger partial charge on any atom is -0.356 e. The molecule has 0 radical (unpaired) electrons. The van der Waals surface area contributed by atoms with Gasteiger partial charge in [0, 0.05) is 36.7 Å². The summed E-state index contributed by atoms with van der Waals surface area (Å²) in [5, 5.41) is 6.15. The maximum atomic E-state index is 13.5. The van der Waals surface area contributed by atoms with E-state index in [9.17, 15) is 9.18 Å². The lowest BCUT2D eigenvalue weighted by Crippen LogP contribution is -2.45. The number of carbonyl (C=O) groups is 1. The first-order valence-corrected chi connectivity index (χ1v) is 10.1. The number of carbonyl (C=O) groups excluding carboxylic acids is 1. The summed E-state index contributed by atoms with van der Waals surface area (Å²) in [6.45, 7) is 3.66. The third-order valence-corrected chi connectivity index (χ3v) is 5.17. The Labute approximate surface area is 175 Å². The number of aryl methyl sites for hydroxylation is 1. The summed E-state index contributed by atoms with van der Waals surface area (Å²) in [5.41, 5.74) is 1.98. The zero-order chi connectivity index (χ0) is 20.9. The van der Waals surface area contributed by atoms with Crippen LogP contribution in [0.25, 0.3) is 0 Å². The van der Waals surface area contributed by atoms with Crippen LogP contribution in [0.15, 0.2) is 60.8 Å². The molecule has 1 fully saturated rings. The Hall–Kier alpha value is -3.48. The summed E-state index contributed by atoms with van der Waals surface area (Å²) >= 11 is 0. The van der Waals surface area contributed by atoms with E-state index in [0.717, 1.165) is 37.4 Å². The number of nitrogens with one attached hydrogen (secondary N) is 2. The van der Waals surface area contributed by atoms with Gasteiger partial charge in [-0.3, -0.25) is 4.79 Å². The molecule has 0 spiro atoms. The molecule has 1 saturated heterocycles. The third kappa shape index (κ3) is 4.74. The van der Waals surface area contributed by atoms with Crippen LogP contribution in [0, 0.1) is 12.7 Å². The lowest BCUT2D eigenvalue weighted by atomic mass is 10.0. The van der Waals surface area contributed by atoms with Crippen LogP contribution in [0.5, 0.6) is 0 Å². The minimum atomic E-state index is -0.350. The van der Waals surface area contributed by atoms with E-state index >= 15 is 0 Å². The van der Waals surface area contributed by atoms with Gasteiger partial charge in [-0.2, -0.15) is 0 Å². The molecule has 0 bridgehead atoms. The van der Waals surface area contributed by atoms with Gasteiger partial charge in [0.15, 0.2) is 0 Å². The molecule has 3 heterocycles. The number of anilines is 3. The average molecular weight is 405 g/mol. The van der Waals surface area contributed by atoms with Crippen molar-refractivity contribution in [2.75, 3.05) is 23.3 Å². The van der Waals surface area contributed by atoms with Gasteiger partial charge in [0.1, 0.15) is 17.5 Å². The Bertz CT molecular complexity index is 1030. The monoisotopic (exact) mass is 405 g/mol. The molecule has 0 unspecified atom stereocenters. The number of nitrogens with zero attached hydrogens (tertiary/aromatic N) is 3. The number of pyridine rings is 2. The number of aromatic nitrogens is 2. The highest BCUT2D eigenvalue weighted by molar-refractivity contribution is 5.99. The number of benzene rings is 1. The van der Waals surface area contributed by atoms with Crippen molar-refractivity contribution in [2.45, 2.75) is 25.8 Å². The quantitative estimate of drug-likeness (QED) is 0.670. The molecule has 1 aliphatic heterocycles. The molecular weight excluding hydrogens is 381 g/mol. The zero-order valence-corrected chi connectivity index (χ0v) is 16.8. The van der Waals surface area contributed by atoms with Crippen molar-refractivity contribution in [3.63, 3.8) is 0 Å². The fourth-order valence-electron chi connectivity index (χ4n) is 3.61. The maximum absolute atomic E-state index is 13.5. The van der Waals surface area contributed by atoms with E-state index in [1.54, 1.807) is 30.5 Å². The molecule has 1 amide bonds. The molecule has 30 heavy (non-hydrogen) atoms. The number of hydrogen-bond acceptors (Lipinski definition) is 5. The van der Waals surface area contributed by atoms with Gasteiger partial charge >= 0.3 is 0 Å². The lowest BCUT2D eigenvalue weighted by molar-refractivity contribution is 0.0931. The number of rotatable bonds is 5. The number of halogens is 1. The Morgan fingerprint density at radius 1 is 1.10 bits per heavy atom. The van der Waals surface area contributed by atoms with Crippen molar-refractivity contribution < 1.29 is 9.18 Å². The van der Waals surface area contributed by atoms with E-state index in [1.165, 1.54) is 12.1 Å². The van der Waals surface area contributed by atoms with E-state index in [4.69, 9.17) is 0 Å². The van der Waals surface area contributed by atoms with Gasteiger partial charge < -0.3 is 15.5 Å². The van der Waals surface area contributed by atoms with Crippen molar-refractivity contribution >= 4 is 23.2 Å². The Balaban J connectivity index is 1.39. The third-order valence-electron chi connectivity index (χ3n) is 5.17. The van der Waals surface area contributed by atoms with Crippen molar-refractivity contribution in [2.24, 2.45) is 0 Å². The summed E-state index contributed by atoms with van der Waals surface area (Å²) < 4.78 is 13.5. The van der Waals surface area contributed by atoms with Crippen molar-refractivity contribution in [1.29, 1.82) is 0 Å². The predicted octanol–water partition coefficient (Wildman–Crippen LogP) is 4.07. The van der Waals surface area contributed by atoms with Gasteiger partial charge in [-0.25, -0.2) is 14.4 Å². The van der Waals surface area contributed by atoms with E-state index in [0.29, 0.717) is 17.1 Å². The van der Waals surface area contributed by atoms with Gasteiger partial charge in [-0.15, -0.1) is 0 Å². The van der Waals surface area contributed by atoms with E-state index in [1.807, 2.05) is 25.1 Å². The minimum absolute atomic E-state index is 0.0841. The van der Waals surface area contributed by atoms with Gasteiger partial charge in [0.25, 0.3) is 5.91 Å². The topological polar surface area (TPSA) is 70.2 Å². The highest BCUT2D eigenvalue weighted by Gasteiger charge is 2.23. The average Bonchev–Trinajstić information content (AvgIpc) is 2.75. The lowest BCUT2D eigenvalue weighted by Gasteiger charge is -2.33. The Morgan fingerprint density at radius 2 is 1.90 bits per heavy atom. The molecular formula is C23H24FN5O. The smallest absolute Gasteiger partial charge is 0.255 e. The van der Waals surface area contributed by atoms with Crippen LogP contribution in [-0.4, -0.2) is 35.0 Å². The largest absolute Gasteiger partial charge is 0.356 e. The van der Waals surface area contributed by atoms with Crippen LogP contribution in [-0.2, 0) is 0 Å². The molecule has 0 atom stereocenters. The predicted molar refractivity (Wildman–Crippen MR) is 116 cm³/mol. The SMILES string of the molecule is Cc1cccc(N2CCC(NC(=O)c3cccnc3Nc3cccc(F)c3)CC2)n1. The van der Waals surface area contributed by atoms with Gasteiger partial charge in [0.05, 0.1) is 5.56 Å². The zero-order valence-electron chi connectivity index (χ0n) is 16.8. The molecule has 0 aliphatic carbocycles. The number of hydrogen-bond donors (Lipinski definition) is 2. The maximum Gasteiger partial charge on any atom is 0.255 e. The van der Waals surface area contributed by atoms with E-state index in [2.05, 4.69) is 25.5 Å². The Kier molecular flexibility index (Phi) is 5.88. The van der Waals surface area contributed by atoms with Crippen LogP contribution >= 0.6 is 0 Å². The molecule has 4 rings (SSSR count). The highest BCUT2D eigenvalue weighted by atomic mass is 19.1. The molecule has 3 aromatic rings. The van der Waals surface area contributed by atoms with Gasteiger partial charge in [-0.1, -0.05) is 12.1 Å². The summed E-state index contributed by atoms with van der Waals surface area (Å²) in [6, 6.07) is 15.6. The summed E-state index contributed by atoms with van der Waals surface area (Å²) in [6.07, 6.45) is 3.29. The summed E-state index contributed by atoms with van der Waals surface area (Å²) in [5.74, 6) is 0.849. The number of amides is 1. The molecule has 154 valence electrons. The van der Waals surface area contributed by atoms with Gasteiger partial charge in [-0.05, 0) is 62.2 Å². The fourth-order valence-corrected chi connectivity index (χ4v) is 3.61. The van der Waals surface area contributed by atoms with Crippen LogP contribution in [0.2, 0.25) is 0 Å². The van der Waals surface area contributed by atoms with Crippen molar-refractivity contribution in [3.05, 3.63) is 77.9 Å². The fraction of sp³-hybridized carbons (Fsp3) is 0.261. The molecule has 1 aliphatic rings. The molecule has 2 N–H and O–H groups in total. The van der Waals surface area contributed by atoms with Crippen molar-refractivity contribution in [3.8, 4) is 0 Å². The highest BCUT2D eigenvalue weighted by Crippen LogP contribution is 2.21. The second kappa shape index (κ2) is 8.90. The molecule has 6 nitrogen and oxygen atoms in total. The van der Waals surface area contributed by atoms with Crippen LogP contribution in [0.3, 0.4) is 0 Å². The van der Waals surface area contributed by atoms with E-state index < -0.39 is 0 Å². The second-order valence-electron chi connectivity index (χ2n) is 7.41. The van der Waals surface area contributed by atoms with Crippen LogP contribution < -0.4 is 15.5 Å².